The van der Waals surface area contributed by atoms with Crippen LogP contribution in [0.3, 0.4) is 0 Å². The molecule has 2 heterocycles. The molecule has 0 aromatic carbocycles. The second kappa shape index (κ2) is 5.32. The van der Waals surface area contributed by atoms with Gasteiger partial charge in [0.1, 0.15) is 0 Å². The van der Waals surface area contributed by atoms with Crippen LogP contribution in [-0.2, 0) is 7.05 Å². The number of thioether (sulfide) groups is 1. The molecule has 0 saturated carbocycles. The van der Waals surface area contributed by atoms with Crippen molar-refractivity contribution in [3.8, 4) is 0 Å². The number of aromatic amines is 1. The monoisotopic (exact) mass is 294 g/mol. The quantitative estimate of drug-likeness (QED) is 0.687. The number of nitrogens with zero attached hydrogens (tertiary/aromatic N) is 3. The normalized spacial score (nSPS) is 13.1. The maximum absolute atomic E-state index is 12.1. The molecular formula is C13H18N4O2S. The van der Waals surface area contributed by atoms with Crippen LogP contribution in [0.5, 0.6) is 0 Å². The summed E-state index contributed by atoms with van der Waals surface area (Å²) in [6.45, 7) is 9.72. The molecule has 2 rings (SSSR count). The van der Waals surface area contributed by atoms with Gasteiger partial charge < -0.3 is 4.57 Å². The van der Waals surface area contributed by atoms with Crippen LogP contribution < -0.4 is 11.2 Å². The van der Waals surface area contributed by atoms with Gasteiger partial charge in [0.05, 0.1) is 0 Å². The van der Waals surface area contributed by atoms with E-state index in [9.17, 15) is 9.59 Å². The van der Waals surface area contributed by atoms with Crippen LogP contribution in [0, 0.1) is 0 Å². The Kier molecular flexibility index (Phi) is 3.89. The number of H-pyrrole nitrogens is 1. The fourth-order valence-corrected chi connectivity index (χ4v) is 2.94. The predicted molar refractivity (Wildman–Crippen MR) is 81.5 cm³/mol. The Bertz CT molecular complexity index is 769. The van der Waals surface area contributed by atoms with E-state index in [1.54, 1.807) is 7.05 Å². The second-order valence-electron chi connectivity index (χ2n) is 4.91. The summed E-state index contributed by atoms with van der Waals surface area (Å²) >= 11 is 1.51. The standard InChI is InChI=1S/C13H18N4O2S/c1-6-8(4)20-13-14-10-9(17(13)7(2)3)11(18)15-12(19)16(10)5/h6-8H,1H2,2-5H3,(H,15,18,19). The van der Waals surface area contributed by atoms with Crippen LogP contribution in [0.15, 0.2) is 27.4 Å². The van der Waals surface area contributed by atoms with Crippen molar-refractivity contribution in [3.63, 3.8) is 0 Å². The Hall–Kier alpha value is -1.76. The Labute approximate surface area is 120 Å². The summed E-state index contributed by atoms with van der Waals surface area (Å²) in [5.74, 6) is 0. The number of nitrogens with one attached hydrogen (secondary N) is 1. The Morgan fingerprint density at radius 3 is 2.55 bits per heavy atom. The molecule has 6 nitrogen and oxygen atoms in total. The van der Waals surface area contributed by atoms with Gasteiger partial charge >= 0.3 is 5.69 Å². The molecule has 0 saturated heterocycles. The number of aryl methyl sites for hydroxylation is 1. The molecule has 1 N–H and O–H groups in total. The average Bonchev–Trinajstić information content (AvgIpc) is 2.75. The third-order valence-corrected chi connectivity index (χ3v) is 4.12. The van der Waals surface area contributed by atoms with Crippen LogP contribution in [0.4, 0.5) is 0 Å². The molecule has 2 aromatic heterocycles. The van der Waals surface area contributed by atoms with Crippen molar-refractivity contribution in [1.82, 2.24) is 19.1 Å². The molecule has 0 spiro atoms. The van der Waals surface area contributed by atoms with Gasteiger partial charge in [-0.15, -0.1) is 6.58 Å². The maximum atomic E-state index is 12.1. The van der Waals surface area contributed by atoms with Gasteiger partial charge in [-0.25, -0.2) is 9.78 Å². The summed E-state index contributed by atoms with van der Waals surface area (Å²) in [4.78, 5) is 30.5. The lowest BCUT2D eigenvalue weighted by Gasteiger charge is -2.13. The number of hydrogen-bond donors (Lipinski definition) is 1. The van der Waals surface area contributed by atoms with Crippen molar-refractivity contribution in [3.05, 3.63) is 33.5 Å². The van der Waals surface area contributed by atoms with Crippen molar-refractivity contribution >= 4 is 22.9 Å². The number of aromatic nitrogens is 4. The van der Waals surface area contributed by atoms with Crippen molar-refractivity contribution in [1.29, 1.82) is 0 Å². The van der Waals surface area contributed by atoms with Crippen LogP contribution in [-0.4, -0.2) is 24.4 Å². The summed E-state index contributed by atoms with van der Waals surface area (Å²) in [5, 5.41) is 0.884. The highest BCUT2D eigenvalue weighted by molar-refractivity contribution is 7.99. The molecule has 108 valence electrons. The first kappa shape index (κ1) is 14.6. The SMILES string of the molecule is C=CC(C)Sc1nc2c(c(=O)[nH]c(=O)n2C)n1C(C)C. The zero-order chi connectivity index (χ0) is 15.0. The van der Waals surface area contributed by atoms with Gasteiger partial charge in [0, 0.05) is 18.3 Å². The van der Waals surface area contributed by atoms with Crippen molar-refractivity contribution in [2.24, 2.45) is 7.05 Å². The van der Waals surface area contributed by atoms with Gasteiger partial charge in [-0.1, -0.05) is 17.8 Å². The Morgan fingerprint density at radius 1 is 1.35 bits per heavy atom. The van der Waals surface area contributed by atoms with E-state index in [2.05, 4.69) is 16.5 Å². The van der Waals surface area contributed by atoms with Gasteiger partial charge in [-0.05, 0) is 20.8 Å². The molecule has 20 heavy (non-hydrogen) atoms. The molecule has 0 aliphatic carbocycles. The minimum absolute atomic E-state index is 0.0677. The Morgan fingerprint density at radius 2 is 2.00 bits per heavy atom. The van der Waals surface area contributed by atoms with Crippen molar-refractivity contribution in [2.75, 3.05) is 0 Å². The molecule has 0 amide bonds. The number of fused-ring (bicyclic) bond motifs is 1. The number of imidazole rings is 1. The molecule has 1 atom stereocenters. The van der Waals surface area contributed by atoms with Gasteiger partial charge in [0.25, 0.3) is 5.56 Å². The minimum Gasteiger partial charge on any atom is -0.311 e. The smallest absolute Gasteiger partial charge is 0.311 e. The van der Waals surface area contributed by atoms with Crippen LogP contribution >= 0.6 is 11.8 Å². The number of rotatable bonds is 4. The van der Waals surface area contributed by atoms with Gasteiger partial charge in [0.15, 0.2) is 16.3 Å². The van der Waals surface area contributed by atoms with Crippen molar-refractivity contribution < 1.29 is 0 Å². The largest absolute Gasteiger partial charge is 0.329 e. The molecule has 0 aliphatic heterocycles. The third kappa shape index (κ3) is 2.33. The lowest BCUT2D eigenvalue weighted by atomic mass is 10.4. The summed E-state index contributed by atoms with van der Waals surface area (Å²) in [6, 6.07) is 0.0677. The molecule has 0 bridgehead atoms. The first-order valence-electron chi connectivity index (χ1n) is 6.37. The van der Waals surface area contributed by atoms with Gasteiger partial charge in [-0.3, -0.25) is 14.3 Å². The number of hydrogen-bond acceptors (Lipinski definition) is 4. The third-order valence-electron chi connectivity index (χ3n) is 3.06. The van der Waals surface area contributed by atoms with Crippen LogP contribution in [0.1, 0.15) is 26.8 Å². The molecule has 0 radical (unpaired) electrons. The van der Waals surface area contributed by atoms with E-state index in [4.69, 9.17) is 0 Å². The fourth-order valence-electron chi connectivity index (χ4n) is 1.96. The summed E-state index contributed by atoms with van der Waals surface area (Å²) < 4.78 is 3.22. The molecule has 0 aliphatic rings. The lowest BCUT2D eigenvalue weighted by Crippen LogP contribution is -2.29. The molecule has 1 unspecified atom stereocenters. The maximum Gasteiger partial charge on any atom is 0.329 e. The summed E-state index contributed by atoms with van der Waals surface area (Å²) in [5.41, 5.74) is -0.0151. The molecule has 2 aromatic rings. The second-order valence-corrected chi connectivity index (χ2v) is 6.25. The fraction of sp³-hybridized carbons (Fsp3) is 0.462. The van der Waals surface area contributed by atoms with Gasteiger partial charge in [-0.2, -0.15) is 0 Å². The topological polar surface area (TPSA) is 72.7 Å². The van der Waals surface area contributed by atoms with E-state index >= 15 is 0 Å². The first-order chi connectivity index (χ1) is 9.36. The van der Waals surface area contributed by atoms with Crippen LogP contribution in [0.2, 0.25) is 0 Å². The van der Waals surface area contributed by atoms with E-state index in [0.717, 1.165) is 0 Å². The van der Waals surface area contributed by atoms with E-state index in [1.807, 2.05) is 31.4 Å². The lowest BCUT2D eigenvalue weighted by molar-refractivity contribution is 0.564. The first-order valence-corrected chi connectivity index (χ1v) is 7.25. The zero-order valence-corrected chi connectivity index (χ0v) is 12.8. The highest BCUT2D eigenvalue weighted by Gasteiger charge is 2.20. The molecule has 7 heteroatoms. The van der Waals surface area contributed by atoms with E-state index in [-0.39, 0.29) is 11.3 Å². The summed E-state index contributed by atoms with van der Waals surface area (Å²) in [6.07, 6.45) is 1.82. The van der Waals surface area contributed by atoms with Gasteiger partial charge in [0.2, 0.25) is 0 Å². The average molecular weight is 294 g/mol. The zero-order valence-electron chi connectivity index (χ0n) is 12.0. The summed E-state index contributed by atoms with van der Waals surface area (Å²) in [7, 11) is 1.60. The van der Waals surface area contributed by atoms with E-state index < -0.39 is 11.2 Å². The highest BCUT2D eigenvalue weighted by Crippen LogP contribution is 2.28. The van der Waals surface area contributed by atoms with E-state index in [1.165, 1.54) is 16.3 Å². The van der Waals surface area contributed by atoms with Crippen molar-refractivity contribution in [2.45, 2.75) is 37.2 Å². The minimum atomic E-state index is -0.454. The van der Waals surface area contributed by atoms with Crippen LogP contribution in [0.25, 0.3) is 11.2 Å². The highest BCUT2D eigenvalue weighted by atomic mass is 32.2. The molecular weight excluding hydrogens is 276 g/mol. The Balaban J connectivity index is 2.83. The predicted octanol–water partition coefficient (Wildman–Crippen LogP) is 1.67. The molecule has 0 fully saturated rings. The van der Waals surface area contributed by atoms with E-state index in [0.29, 0.717) is 16.3 Å².